The molecule has 1 fully saturated rings. The van der Waals surface area contributed by atoms with Crippen LogP contribution >= 0.6 is 0 Å². The minimum Gasteiger partial charge on any atom is -0.459 e. The van der Waals surface area contributed by atoms with Gasteiger partial charge in [0.25, 0.3) is 0 Å². The van der Waals surface area contributed by atoms with Gasteiger partial charge in [-0.2, -0.15) is 0 Å². The van der Waals surface area contributed by atoms with Gasteiger partial charge in [0.1, 0.15) is 5.60 Å². The molecule has 0 unspecified atom stereocenters. The fourth-order valence-electron chi connectivity index (χ4n) is 2.17. The molecule has 1 radical (unpaired) electrons. The average molecular weight is 183 g/mol. The van der Waals surface area contributed by atoms with Crippen molar-refractivity contribution in [1.29, 1.82) is 0 Å². The van der Waals surface area contributed by atoms with E-state index >= 15 is 0 Å². The molecule has 0 aromatic carbocycles. The van der Waals surface area contributed by atoms with Crippen LogP contribution in [0.2, 0.25) is 0 Å². The van der Waals surface area contributed by atoms with E-state index in [1.165, 1.54) is 32.1 Å². The van der Waals surface area contributed by atoms with Gasteiger partial charge in [-0.15, -0.1) is 0 Å². The highest BCUT2D eigenvalue weighted by Gasteiger charge is 2.33. The highest BCUT2D eigenvalue weighted by molar-refractivity contribution is 5.74. The second-order valence-corrected chi connectivity index (χ2v) is 4.41. The third-order valence-corrected chi connectivity index (χ3v) is 2.97. The Kier molecular flexibility index (Phi) is 3.34. The monoisotopic (exact) mass is 183 g/mol. The molecule has 0 aliphatic heterocycles. The molecule has 0 heterocycles. The molecule has 1 aliphatic carbocycles. The van der Waals surface area contributed by atoms with Crippen molar-refractivity contribution in [2.75, 3.05) is 0 Å². The normalized spacial score (nSPS) is 19.9. The lowest BCUT2D eigenvalue weighted by Crippen LogP contribution is -2.37. The van der Waals surface area contributed by atoms with Crippen molar-refractivity contribution >= 4 is 5.97 Å². The van der Waals surface area contributed by atoms with Crippen LogP contribution in [0.25, 0.3) is 0 Å². The highest BCUT2D eigenvalue weighted by Crippen LogP contribution is 2.34. The molecular weight excluding hydrogens is 164 g/mol. The van der Waals surface area contributed by atoms with Crippen LogP contribution in [0.4, 0.5) is 0 Å². The first-order valence-electron chi connectivity index (χ1n) is 5.07. The Morgan fingerprint density at radius 2 is 1.85 bits per heavy atom. The Hall–Kier alpha value is -0.530. The largest absolute Gasteiger partial charge is 0.459 e. The maximum atomic E-state index is 10.8. The third kappa shape index (κ3) is 3.02. The Morgan fingerprint density at radius 3 is 2.31 bits per heavy atom. The summed E-state index contributed by atoms with van der Waals surface area (Å²) in [5, 5.41) is 0. The Labute approximate surface area is 80.7 Å². The van der Waals surface area contributed by atoms with Crippen molar-refractivity contribution in [2.24, 2.45) is 5.92 Å². The smallest absolute Gasteiger partial charge is 0.306 e. The van der Waals surface area contributed by atoms with Gasteiger partial charge in [0.05, 0.1) is 6.92 Å². The summed E-state index contributed by atoms with van der Waals surface area (Å²) in [6.07, 6.45) is 6.22. The SMILES string of the molecule is [CH2]C(=O)OC(C)(C)C1CCCCC1. The molecule has 0 atom stereocenters. The average Bonchev–Trinajstić information content (AvgIpc) is 2.04. The quantitative estimate of drug-likeness (QED) is 0.615. The van der Waals surface area contributed by atoms with Gasteiger partial charge >= 0.3 is 5.97 Å². The molecule has 13 heavy (non-hydrogen) atoms. The zero-order valence-corrected chi connectivity index (χ0v) is 8.64. The summed E-state index contributed by atoms with van der Waals surface area (Å²) >= 11 is 0. The number of ether oxygens (including phenoxy) is 1. The van der Waals surface area contributed by atoms with Crippen LogP contribution in [-0.2, 0) is 9.53 Å². The first-order valence-corrected chi connectivity index (χ1v) is 5.07. The van der Waals surface area contributed by atoms with Gasteiger partial charge in [-0.1, -0.05) is 19.3 Å². The Morgan fingerprint density at radius 1 is 1.31 bits per heavy atom. The fourth-order valence-corrected chi connectivity index (χ4v) is 2.17. The predicted octanol–water partition coefficient (Wildman–Crippen LogP) is 2.72. The highest BCUT2D eigenvalue weighted by atomic mass is 16.6. The number of carbonyl (C=O) groups excluding carboxylic acids is 1. The minimum absolute atomic E-state index is 0.320. The van der Waals surface area contributed by atoms with Crippen LogP contribution in [-0.4, -0.2) is 11.6 Å². The number of hydrogen-bond acceptors (Lipinski definition) is 2. The van der Waals surface area contributed by atoms with Crippen molar-refractivity contribution in [3.8, 4) is 0 Å². The van der Waals surface area contributed by atoms with E-state index < -0.39 is 5.97 Å². The second kappa shape index (κ2) is 4.12. The van der Waals surface area contributed by atoms with Gasteiger partial charge in [-0.3, -0.25) is 4.79 Å². The van der Waals surface area contributed by atoms with Gasteiger partial charge in [-0.05, 0) is 32.6 Å². The number of carbonyl (C=O) groups is 1. The maximum absolute atomic E-state index is 10.8. The standard InChI is InChI=1S/C11H19O2/c1-9(12)13-11(2,3)10-7-5-4-6-8-10/h10H,1,4-8H2,2-3H3. The van der Waals surface area contributed by atoms with Crippen molar-refractivity contribution in [1.82, 2.24) is 0 Å². The molecule has 0 aromatic rings. The summed E-state index contributed by atoms with van der Waals surface area (Å²) in [6, 6.07) is 0. The maximum Gasteiger partial charge on any atom is 0.306 e. The van der Waals surface area contributed by atoms with E-state index in [2.05, 4.69) is 6.92 Å². The van der Waals surface area contributed by atoms with Gasteiger partial charge < -0.3 is 4.74 Å². The minimum atomic E-state index is -0.407. The number of hydrogen-bond donors (Lipinski definition) is 0. The van der Waals surface area contributed by atoms with Crippen LogP contribution in [0, 0.1) is 12.8 Å². The lowest BCUT2D eigenvalue weighted by molar-refractivity contribution is -0.157. The van der Waals surface area contributed by atoms with Crippen LogP contribution in [0.3, 0.4) is 0 Å². The molecule has 1 saturated carbocycles. The summed E-state index contributed by atoms with van der Waals surface area (Å²) in [5.41, 5.74) is -0.320. The number of esters is 1. The first kappa shape index (κ1) is 10.6. The summed E-state index contributed by atoms with van der Waals surface area (Å²) < 4.78 is 5.23. The molecule has 1 aliphatic rings. The van der Waals surface area contributed by atoms with Crippen LogP contribution in [0.5, 0.6) is 0 Å². The third-order valence-electron chi connectivity index (χ3n) is 2.97. The molecule has 0 amide bonds. The Balaban J connectivity index is 2.50. The van der Waals surface area contributed by atoms with Gasteiger partial charge in [0.2, 0.25) is 0 Å². The second-order valence-electron chi connectivity index (χ2n) is 4.41. The summed E-state index contributed by atoms with van der Waals surface area (Å²) in [6.45, 7) is 7.24. The van der Waals surface area contributed by atoms with Crippen molar-refractivity contribution in [3.63, 3.8) is 0 Å². The predicted molar refractivity (Wildman–Crippen MR) is 52.1 cm³/mol. The van der Waals surface area contributed by atoms with E-state index in [1.54, 1.807) is 0 Å². The van der Waals surface area contributed by atoms with Crippen molar-refractivity contribution in [2.45, 2.75) is 51.6 Å². The molecule has 0 N–H and O–H groups in total. The van der Waals surface area contributed by atoms with E-state index in [1.807, 2.05) is 13.8 Å². The summed E-state index contributed by atoms with van der Waals surface area (Å²) in [7, 11) is 0. The Bertz CT molecular complexity index is 179. The van der Waals surface area contributed by atoms with Crippen LogP contribution in [0.1, 0.15) is 46.0 Å². The molecule has 0 bridgehead atoms. The van der Waals surface area contributed by atoms with E-state index in [0.29, 0.717) is 5.92 Å². The molecule has 0 saturated heterocycles. The van der Waals surface area contributed by atoms with Gasteiger partial charge in [0.15, 0.2) is 0 Å². The zero-order chi connectivity index (χ0) is 9.90. The van der Waals surface area contributed by atoms with Gasteiger partial charge in [-0.25, -0.2) is 0 Å². The van der Waals surface area contributed by atoms with Gasteiger partial charge in [0, 0.05) is 0 Å². The molecule has 2 nitrogen and oxygen atoms in total. The summed E-state index contributed by atoms with van der Waals surface area (Å²) in [4.78, 5) is 10.8. The first-order chi connectivity index (χ1) is 6.02. The van der Waals surface area contributed by atoms with E-state index in [9.17, 15) is 4.79 Å². The number of rotatable bonds is 2. The molecule has 0 spiro atoms. The molecule has 75 valence electrons. The summed E-state index contributed by atoms with van der Waals surface area (Å²) in [5.74, 6) is 0.113. The van der Waals surface area contributed by atoms with Crippen LogP contribution in [0.15, 0.2) is 0 Å². The van der Waals surface area contributed by atoms with E-state index in [4.69, 9.17) is 4.74 Å². The van der Waals surface area contributed by atoms with E-state index in [-0.39, 0.29) is 5.60 Å². The molecular formula is C11H19O2. The van der Waals surface area contributed by atoms with Crippen molar-refractivity contribution in [3.05, 3.63) is 6.92 Å². The zero-order valence-electron chi connectivity index (χ0n) is 8.64. The molecule has 1 rings (SSSR count). The van der Waals surface area contributed by atoms with E-state index in [0.717, 1.165) is 0 Å². The molecule has 0 aromatic heterocycles. The van der Waals surface area contributed by atoms with Crippen LogP contribution < -0.4 is 0 Å². The molecule has 2 heteroatoms. The van der Waals surface area contributed by atoms with Crippen molar-refractivity contribution < 1.29 is 9.53 Å². The lowest BCUT2D eigenvalue weighted by atomic mass is 9.79. The topological polar surface area (TPSA) is 26.3 Å². The lowest BCUT2D eigenvalue weighted by Gasteiger charge is -2.36. The fraction of sp³-hybridized carbons (Fsp3) is 0.818.